The van der Waals surface area contributed by atoms with E-state index in [4.69, 9.17) is 4.74 Å². The zero-order valence-corrected chi connectivity index (χ0v) is 11.7. The van der Waals surface area contributed by atoms with Crippen molar-refractivity contribution in [1.29, 1.82) is 0 Å². The number of rotatable bonds is 4. The highest BCUT2D eigenvalue weighted by molar-refractivity contribution is 9.10. The minimum atomic E-state index is -3.37. The van der Waals surface area contributed by atoms with Crippen LogP contribution in [0.15, 0.2) is 22.7 Å². The van der Waals surface area contributed by atoms with Crippen LogP contribution in [0.5, 0.6) is 5.75 Å². The summed E-state index contributed by atoms with van der Waals surface area (Å²) in [7, 11) is -1.87. The van der Waals surface area contributed by atoms with E-state index >= 15 is 0 Å². The second kappa shape index (κ2) is 5.05. The van der Waals surface area contributed by atoms with Gasteiger partial charge in [0, 0.05) is 4.47 Å². The fourth-order valence-electron chi connectivity index (χ4n) is 1.03. The first-order valence-corrected chi connectivity index (χ1v) is 7.06. The third-order valence-corrected chi connectivity index (χ3v) is 4.45. The number of para-hydroxylation sites is 1. The Bertz CT molecular complexity index is 471. The predicted octanol–water partition coefficient (Wildman–Crippen LogP) is 2.61. The highest BCUT2D eigenvalue weighted by Crippen LogP contribution is 2.33. The number of halogens is 1. The number of ether oxygens (including phenoxy) is 1. The van der Waals surface area contributed by atoms with E-state index in [0.29, 0.717) is 15.9 Å². The second-order valence-corrected chi connectivity index (χ2v) is 6.60. The molecule has 0 radical (unpaired) electrons. The Morgan fingerprint density at radius 2 is 2.00 bits per heavy atom. The van der Waals surface area contributed by atoms with Crippen molar-refractivity contribution >= 4 is 31.6 Å². The van der Waals surface area contributed by atoms with Crippen molar-refractivity contribution < 1.29 is 13.2 Å². The zero-order valence-electron chi connectivity index (χ0n) is 9.32. The Morgan fingerprint density at radius 1 is 1.38 bits per heavy atom. The largest absolute Gasteiger partial charge is 0.495 e. The standard InChI is InChI=1S/C10H14BrNO3S/c1-7(2)16(13,14)12-10-8(11)5-4-6-9(10)15-3/h4-7,12H,1-3H3. The summed E-state index contributed by atoms with van der Waals surface area (Å²) in [6.45, 7) is 3.23. The third-order valence-electron chi connectivity index (χ3n) is 2.06. The molecule has 0 saturated heterocycles. The van der Waals surface area contributed by atoms with Gasteiger partial charge in [-0.3, -0.25) is 4.72 Å². The number of hydrogen-bond acceptors (Lipinski definition) is 3. The van der Waals surface area contributed by atoms with Crippen LogP contribution in [0.4, 0.5) is 5.69 Å². The molecular formula is C10H14BrNO3S. The molecule has 1 aromatic carbocycles. The molecule has 16 heavy (non-hydrogen) atoms. The number of sulfonamides is 1. The average molecular weight is 308 g/mol. The highest BCUT2D eigenvalue weighted by atomic mass is 79.9. The van der Waals surface area contributed by atoms with Crippen LogP contribution in [0.3, 0.4) is 0 Å². The lowest BCUT2D eigenvalue weighted by molar-refractivity contribution is 0.416. The molecule has 1 aromatic rings. The SMILES string of the molecule is COc1cccc(Br)c1NS(=O)(=O)C(C)C. The molecule has 0 heterocycles. The molecule has 0 aliphatic carbocycles. The number of anilines is 1. The molecule has 0 spiro atoms. The summed E-state index contributed by atoms with van der Waals surface area (Å²) in [4.78, 5) is 0. The van der Waals surface area contributed by atoms with Gasteiger partial charge in [0.15, 0.2) is 0 Å². The summed E-state index contributed by atoms with van der Waals surface area (Å²) in [6.07, 6.45) is 0. The quantitative estimate of drug-likeness (QED) is 0.930. The van der Waals surface area contributed by atoms with E-state index in [1.54, 1.807) is 32.0 Å². The van der Waals surface area contributed by atoms with Crippen molar-refractivity contribution in [2.45, 2.75) is 19.1 Å². The van der Waals surface area contributed by atoms with Crippen LogP contribution >= 0.6 is 15.9 Å². The van der Waals surface area contributed by atoms with Gasteiger partial charge in [0.1, 0.15) is 11.4 Å². The molecule has 0 bridgehead atoms. The van der Waals surface area contributed by atoms with Gasteiger partial charge in [-0.15, -0.1) is 0 Å². The number of benzene rings is 1. The van der Waals surface area contributed by atoms with Gasteiger partial charge >= 0.3 is 0 Å². The van der Waals surface area contributed by atoms with Crippen molar-refractivity contribution in [3.8, 4) is 5.75 Å². The van der Waals surface area contributed by atoms with Crippen molar-refractivity contribution in [2.24, 2.45) is 0 Å². The van der Waals surface area contributed by atoms with E-state index in [1.165, 1.54) is 7.11 Å². The van der Waals surface area contributed by atoms with Gasteiger partial charge < -0.3 is 4.74 Å². The molecule has 0 aliphatic heterocycles. The van der Waals surface area contributed by atoms with E-state index in [2.05, 4.69) is 20.7 Å². The maximum absolute atomic E-state index is 11.7. The molecule has 0 atom stereocenters. The minimum Gasteiger partial charge on any atom is -0.495 e. The van der Waals surface area contributed by atoms with E-state index in [-0.39, 0.29) is 0 Å². The van der Waals surface area contributed by atoms with E-state index in [1.807, 2.05) is 0 Å². The molecule has 0 fully saturated rings. The first-order valence-electron chi connectivity index (χ1n) is 4.72. The number of nitrogens with one attached hydrogen (secondary N) is 1. The Kier molecular flexibility index (Phi) is 4.21. The van der Waals surface area contributed by atoms with E-state index in [0.717, 1.165) is 0 Å². The van der Waals surface area contributed by atoms with Gasteiger partial charge in [0.2, 0.25) is 10.0 Å². The van der Waals surface area contributed by atoms with Gasteiger partial charge in [-0.1, -0.05) is 6.07 Å². The van der Waals surface area contributed by atoms with Gasteiger partial charge in [-0.25, -0.2) is 8.42 Å². The van der Waals surface area contributed by atoms with Crippen LogP contribution in [-0.2, 0) is 10.0 Å². The van der Waals surface area contributed by atoms with Crippen LogP contribution in [0.1, 0.15) is 13.8 Å². The van der Waals surface area contributed by atoms with Crippen LogP contribution in [0.25, 0.3) is 0 Å². The molecule has 0 aliphatic rings. The third kappa shape index (κ3) is 2.89. The summed E-state index contributed by atoms with van der Waals surface area (Å²) < 4.78 is 31.7. The normalized spacial score (nSPS) is 11.6. The van der Waals surface area contributed by atoms with Gasteiger partial charge in [0.05, 0.1) is 12.4 Å². The Morgan fingerprint density at radius 3 is 2.50 bits per heavy atom. The first kappa shape index (κ1) is 13.3. The monoisotopic (exact) mass is 307 g/mol. The summed E-state index contributed by atoms with van der Waals surface area (Å²) in [5.74, 6) is 0.485. The molecule has 0 amide bonds. The average Bonchev–Trinajstić information content (AvgIpc) is 2.20. The fraction of sp³-hybridized carbons (Fsp3) is 0.400. The van der Waals surface area contributed by atoms with Crippen LogP contribution in [0.2, 0.25) is 0 Å². The lowest BCUT2D eigenvalue weighted by atomic mass is 10.3. The molecule has 0 unspecified atom stereocenters. The highest BCUT2D eigenvalue weighted by Gasteiger charge is 2.19. The Labute approximate surface area is 104 Å². The summed E-state index contributed by atoms with van der Waals surface area (Å²) in [5.41, 5.74) is 0.429. The summed E-state index contributed by atoms with van der Waals surface area (Å²) in [6, 6.07) is 5.22. The van der Waals surface area contributed by atoms with E-state index in [9.17, 15) is 8.42 Å². The molecule has 0 aromatic heterocycles. The van der Waals surface area contributed by atoms with Gasteiger partial charge in [-0.2, -0.15) is 0 Å². The Hall–Kier alpha value is -0.750. The zero-order chi connectivity index (χ0) is 12.3. The second-order valence-electron chi connectivity index (χ2n) is 3.51. The molecular weight excluding hydrogens is 294 g/mol. The van der Waals surface area contributed by atoms with E-state index < -0.39 is 15.3 Å². The van der Waals surface area contributed by atoms with Crippen LogP contribution in [0, 0.1) is 0 Å². The fourth-order valence-corrected chi connectivity index (χ4v) is 2.34. The van der Waals surface area contributed by atoms with Gasteiger partial charge in [0.25, 0.3) is 0 Å². The lowest BCUT2D eigenvalue weighted by Gasteiger charge is -2.15. The predicted molar refractivity (Wildman–Crippen MR) is 68.4 cm³/mol. The summed E-state index contributed by atoms with van der Waals surface area (Å²) in [5, 5.41) is -0.496. The van der Waals surface area contributed by atoms with Gasteiger partial charge in [-0.05, 0) is 41.9 Å². The van der Waals surface area contributed by atoms with Crippen molar-refractivity contribution in [3.05, 3.63) is 22.7 Å². The van der Waals surface area contributed by atoms with Crippen LogP contribution in [-0.4, -0.2) is 20.8 Å². The molecule has 1 N–H and O–H groups in total. The molecule has 6 heteroatoms. The number of hydrogen-bond donors (Lipinski definition) is 1. The van der Waals surface area contributed by atoms with Crippen molar-refractivity contribution in [2.75, 3.05) is 11.8 Å². The maximum Gasteiger partial charge on any atom is 0.235 e. The molecule has 1 rings (SSSR count). The molecule has 4 nitrogen and oxygen atoms in total. The first-order chi connectivity index (χ1) is 7.38. The number of methoxy groups -OCH3 is 1. The van der Waals surface area contributed by atoms with Crippen molar-refractivity contribution in [3.63, 3.8) is 0 Å². The summed E-state index contributed by atoms with van der Waals surface area (Å²) >= 11 is 3.28. The Balaban J connectivity index is 3.15. The smallest absolute Gasteiger partial charge is 0.235 e. The topological polar surface area (TPSA) is 55.4 Å². The van der Waals surface area contributed by atoms with Crippen LogP contribution < -0.4 is 9.46 Å². The van der Waals surface area contributed by atoms with Crippen molar-refractivity contribution in [1.82, 2.24) is 0 Å². The minimum absolute atomic E-state index is 0.429. The lowest BCUT2D eigenvalue weighted by Crippen LogP contribution is -2.23. The maximum atomic E-state index is 11.7. The molecule has 0 saturated carbocycles. The molecule has 90 valence electrons.